The second-order valence-electron chi connectivity index (χ2n) is 8.43. The quantitative estimate of drug-likeness (QED) is 0.484. The minimum Gasteiger partial charge on any atom is -0.508 e. The fourth-order valence-corrected chi connectivity index (χ4v) is 5.29. The van der Waals surface area contributed by atoms with Crippen LogP contribution in [0.3, 0.4) is 0 Å². The molecule has 0 atom stereocenters. The highest BCUT2D eigenvalue weighted by atomic mass is 32.2. The lowest BCUT2D eigenvalue weighted by Gasteiger charge is -2.18. The topological polar surface area (TPSA) is 65.7 Å². The Morgan fingerprint density at radius 2 is 1.87 bits per heavy atom. The van der Waals surface area contributed by atoms with Crippen LogP contribution < -0.4 is 0 Å². The van der Waals surface area contributed by atoms with Crippen molar-refractivity contribution in [1.82, 2.24) is 9.47 Å². The van der Waals surface area contributed by atoms with Crippen LogP contribution in [-0.2, 0) is 12.3 Å². The van der Waals surface area contributed by atoms with Crippen molar-refractivity contribution in [3.8, 4) is 5.75 Å². The molecule has 0 saturated heterocycles. The molecule has 5 nitrogen and oxygen atoms in total. The molecule has 2 aliphatic rings. The number of aromatic hydroxyl groups is 1. The summed E-state index contributed by atoms with van der Waals surface area (Å²) in [6, 6.07) is 14.6. The van der Waals surface area contributed by atoms with E-state index in [-0.39, 0.29) is 5.75 Å². The number of carboxylic acids is 1. The van der Waals surface area contributed by atoms with E-state index in [9.17, 15) is 15.0 Å². The molecule has 156 valence electrons. The van der Waals surface area contributed by atoms with E-state index in [0.717, 1.165) is 34.5 Å². The number of hydrogen-bond donors (Lipinski definition) is 2. The van der Waals surface area contributed by atoms with E-state index in [4.69, 9.17) is 0 Å². The molecule has 2 fully saturated rings. The van der Waals surface area contributed by atoms with Gasteiger partial charge in [0.2, 0.25) is 0 Å². The summed E-state index contributed by atoms with van der Waals surface area (Å²) in [4.78, 5) is 15.8. The molecule has 0 amide bonds. The number of carboxylic acid groups (broad SMARTS) is 1. The number of thioether (sulfide) groups is 1. The summed E-state index contributed by atoms with van der Waals surface area (Å²) >= 11 is 1.66. The minimum absolute atomic E-state index is 0.188. The predicted molar refractivity (Wildman–Crippen MR) is 119 cm³/mol. The number of hydrogen-bond acceptors (Lipinski definition) is 4. The van der Waals surface area contributed by atoms with Crippen LogP contribution in [0.5, 0.6) is 5.75 Å². The number of aromatic nitrogens is 1. The van der Waals surface area contributed by atoms with Gasteiger partial charge in [0, 0.05) is 51.4 Å². The SMILES string of the molecule is CN(Cc1c(O)ccc2c1c(C(=O)O)c(CSc1ccccc1)n2C1CC1)C1CC1. The third-order valence-corrected chi connectivity index (χ3v) is 7.20. The van der Waals surface area contributed by atoms with Crippen LogP contribution in [0.15, 0.2) is 47.4 Å². The first kappa shape index (κ1) is 19.5. The van der Waals surface area contributed by atoms with E-state index in [2.05, 4.69) is 28.6 Å². The second kappa shape index (κ2) is 7.67. The number of aromatic carboxylic acids is 1. The van der Waals surface area contributed by atoms with E-state index in [0.29, 0.717) is 35.3 Å². The maximum absolute atomic E-state index is 12.5. The van der Waals surface area contributed by atoms with Crippen LogP contribution in [0.2, 0.25) is 0 Å². The van der Waals surface area contributed by atoms with E-state index < -0.39 is 5.97 Å². The van der Waals surface area contributed by atoms with Crippen LogP contribution in [0.4, 0.5) is 0 Å². The molecular weight excluding hydrogens is 396 g/mol. The number of rotatable bonds is 8. The summed E-state index contributed by atoms with van der Waals surface area (Å²) in [6.45, 7) is 0.564. The molecule has 1 aromatic heterocycles. The molecule has 3 aromatic rings. The number of carbonyl (C=O) groups is 1. The van der Waals surface area contributed by atoms with Gasteiger partial charge >= 0.3 is 5.97 Å². The number of phenols is 1. The molecule has 30 heavy (non-hydrogen) atoms. The fourth-order valence-electron chi connectivity index (χ4n) is 4.36. The highest BCUT2D eigenvalue weighted by Gasteiger charge is 2.34. The lowest BCUT2D eigenvalue weighted by atomic mass is 10.0. The van der Waals surface area contributed by atoms with Crippen LogP contribution in [0.1, 0.15) is 53.3 Å². The molecule has 0 unspecified atom stereocenters. The third-order valence-electron chi connectivity index (χ3n) is 6.18. The Morgan fingerprint density at radius 1 is 1.13 bits per heavy atom. The molecule has 2 saturated carbocycles. The molecule has 0 spiro atoms. The van der Waals surface area contributed by atoms with Crippen molar-refractivity contribution in [3.05, 3.63) is 59.3 Å². The average Bonchev–Trinajstić information content (AvgIpc) is 3.65. The number of phenolic OH excluding ortho intramolecular Hbond substituents is 1. The summed E-state index contributed by atoms with van der Waals surface area (Å²) in [7, 11) is 2.06. The maximum atomic E-state index is 12.5. The van der Waals surface area contributed by atoms with Gasteiger partial charge in [0.15, 0.2) is 0 Å². The first-order valence-corrected chi connectivity index (χ1v) is 11.5. The number of nitrogens with zero attached hydrogens (tertiary/aromatic N) is 2. The number of benzene rings is 2. The molecular formula is C24H26N2O3S. The zero-order valence-corrected chi connectivity index (χ0v) is 17.9. The molecule has 5 rings (SSSR count). The Labute approximate surface area is 180 Å². The Hall–Kier alpha value is -2.44. The summed E-state index contributed by atoms with van der Waals surface area (Å²) in [5, 5.41) is 21.6. The van der Waals surface area contributed by atoms with Crippen LogP contribution >= 0.6 is 11.8 Å². The van der Waals surface area contributed by atoms with Gasteiger partial charge in [-0.15, -0.1) is 11.8 Å². The van der Waals surface area contributed by atoms with Crippen LogP contribution in [0.25, 0.3) is 10.9 Å². The lowest BCUT2D eigenvalue weighted by molar-refractivity contribution is 0.0697. The van der Waals surface area contributed by atoms with Gasteiger partial charge in [0.05, 0.1) is 5.56 Å². The van der Waals surface area contributed by atoms with Crippen molar-refractivity contribution in [2.45, 2.75) is 55.0 Å². The monoisotopic (exact) mass is 422 g/mol. The largest absolute Gasteiger partial charge is 0.508 e. The Bertz CT molecular complexity index is 1100. The molecule has 0 radical (unpaired) electrons. The van der Waals surface area contributed by atoms with E-state index in [1.54, 1.807) is 17.8 Å². The molecule has 6 heteroatoms. The van der Waals surface area contributed by atoms with Crippen molar-refractivity contribution >= 4 is 28.6 Å². The van der Waals surface area contributed by atoms with Gasteiger partial charge in [-0.1, -0.05) is 18.2 Å². The van der Waals surface area contributed by atoms with Crippen molar-refractivity contribution in [1.29, 1.82) is 0 Å². The lowest BCUT2D eigenvalue weighted by Crippen LogP contribution is -2.20. The fraction of sp³-hybridized carbons (Fsp3) is 0.375. The Kier molecular flexibility index (Phi) is 4.99. The van der Waals surface area contributed by atoms with Gasteiger partial charge in [-0.3, -0.25) is 4.90 Å². The smallest absolute Gasteiger partial charge is 0.338 e. The Balaban J connectivity index is 1.65. The highest BCUT2D eigenvalue weighted by molar-refractivity contribution is 7.98. The average molecular weight is 423 g/mol. The second-order valence-corrected chi connectivity index (χ2v) is 9.48. The molecule has 2 aliphatic carbocycles. The van der Waals surface area contributed by atoms with Crippen LogP contribution in [-0.4, -0.2) is 38.7 Å². The zero-order valence-electron chi connectivity index (χ0n) is 17.0. The van der Waals surface area contributed by atoms with E-state index >= 15 is 0 Å². The van der Waals surface area contributed by atoms with Crippen molar-refractivity contribution in [3.63, 3.8) is 0 Å². The van der Waals surface area contributed by atoms with Crippen molar-refractivity contribution in [2.24, 2.45) is 0 Å². The summed E-state index contributed by atoms with van der Waals surface area (Å²) < 4.78 is 2.23. The highest BCUT2D eigenvalue weighted by Crippen LogP contribution is 2.45. The maximum Gasteiger partial charge on any atom is 0.338 e. The van der Waals surface area contributed by atoms with E-state index in [1.165, 1.54) is 12.8 Å². The van der Waals surface area contributed by atoms with Gasteiger partial charge in [0.25, 0.3) is 0 Å². The first-order chi connectivity index (χ1) is 14.5. The van der Waals surface area contributed by atoms with Crippen LogP contribution in [0, 0.1) is 0 Å². The molecule has 1 heterocycles. The summed E-state index contributed by atoms with van der Waals surface area (Å²) in [6.07, 6.45) is 4.48. The molecule has 2 aromatic carbocycles. The predicted octanol–water partition coefficient (Wildman–Crippen LogP) is 5.27. The van der Waals surface area contributed by atoms with Gasteiger partial charge in [-0.2, -0.15) is 0 Å². The standard InChI is InChI=1S/C24H26N2O3S/c1-25(15-7-8-15)13-18-21(27)12-11-19-22(18)23(24(28)29)20(26(19)16-9-10-16)14-30-17-5-3-2-4-6-17/h2-6,11-12,15-16,27H,7-10,13-14H2,1H3,(H,28,29). The van der Waals surface area contributed by atoms with Crippen molar-refractivity contribution in [2.75, 3.05) is 7.05 Å². The third kappa shape index (κ3) is 3.59. The van der Waals surface area contributed by atoms with Gasteiger partial charge in [-0.25, -0.2) is 4.79 Å². The Morgan fingerprint density at radius 3 is 2.50 bits per heavy atom. The minimum atomic E-state index is -0.913. The number of fused-ring (bicyclic) bond motifs is 1. The van der Waals surface area contributed by atoms with Gasteiger partial charge < -0.3 is 14.8 Å². The molecule has 0 aliphatic heterocycles. The van der Waals surface area contributed by atoms with Crippen molar-refractivity contribution < 1.29 is 15.0 Å². The summed E-state index contributed by atoms with van der Waals surface area (Å²) in [5.41, 5.74) is 2.89. The normalized spacial score (nSPS) is 16.5. The van der Waals surface area contributed by atoms with E-state index in [1.807, 2.05) is 24.3 Å². The molecule has 2 N–H and O–H groups in total. The van der Waals surface area contributed by atoms with Gasteiger partial charge in [-0.05, 0) is 57.0 Å². The van der Waals surface area contributed by atoms with Gasteiger partial charge in [0.1, 0.15) is 5.75 Å². The first-order valence-electron chi connectivity index (χ1n) is 10.5. The summed E-state index contributed by atoms with van der Waals surface area (Å²) in [5.74, 6) is -0.133. The zero-order chi connectivity index (χ0) is 20.8. The molecule has 0 bridgehead atoms.